The van der Waals surface area contributed by atoms with E-state index in [0.717, 1.165) is 24.0 Å². The molecule has 0 saturated heterocycles. The molecular formula is C10H15BrN2OS. The van der Waals surface area contributed by atoms with Crippen LogP contribution in [0.4, 0.5) is 0 Å². The Morgan fingerprint density at radius 2 is 2.33 bits per heavy atom. The van der Waals surface area contributed by atoms with Gasteiger partial charge in [0.1, 0.15) is 0 Å². The minimum absolute atomic E-state index is 0.111. The molecule has 0 atom stereocenters. The maximum Gasteiger partial charge on any atom is 0.221 e. The van der Waals surface area contributed by atoms with Gasteiger partial charge in [0.25, 0.3) is 0 Å². The van der Waals surface area contributed by atoms with E-state index in [2.05, 4.69) is 38.0 Å². The zero-order valence-electron chi connectivity index (χ0n) is 8.68. The van der Waals surface area contributed by atoms with Crippen LogP contribution in [-0.2, 0) is 11.2 Å². The van der Waals surface area contributed by atoms with E-state index in [1.54, 1.807) is 11.3 Å². The van der Waals surface area contributed by atoms with Crippen molar-refractivity contribution in [3.63, 3.8) is 0 Å². The minimum Gasteiger partial charge on any atom is -0.356 e. The topological polar surface area (TPSA) is 41.1 Å². The van der Waals surface area contributed by atoms with E-state index in [1.807, 2.05) is 7.05 Å². The van der Waals surface area contributed by atoms with Gasteiger partial charge in [-0.25, -0.2) is 0 Å². The van der Waals surface area contributed by atoms with Gasteiger partial charge >= 0.3 is 0 Å². The van der Waals surface area contributed by atoms with Crippen molar-refractivity contribution in [1.29, 1.82) is 0 Å². The molecule has 1 rings (SSSR count). The van der Waals surface area contributed by atoms with E-state index in [-0.39, 0.29) is 5.91 Å². The molecule has 0 aliphatic rings. The highest BCUT2D eigenvalue weighted by Gasteiger charge is 2.01. The molecule has 84 valence electrons. The molecular weight excluding hydrogens is 276 g/mol. The fourth-order valence-electron chi connectivity index (χ4n) is 1.14. The molecule has 1 aromatic heterocycles. The molecule has 1 amide bonds. The monoisotopic (exact) mass is 290 g/mol. The maximum absolute atomic E-state index is 11.2. The Kier molecular flexibility index (Phi) is 5.90. The summed E-state index contributed by atoms with van der Waals surface area (Å²) in [5, 5.41) is 7.89. The van der Waals surface area contributed by atoms with Crippen LogP contribution in [0.2, 0.25) is 0 Å². The summed E-state index contributed by atoms with van der Waals surface area (Å²) in [7, 11) is 1.84. The number of carbonyl (C=O) groups excluding carboxylic acids is 1. The number of nitrogens with one attached hydrogen (secondary N) is 2. The second kappa shape index (κ2) is 6.98. The summed E-state index contributed by atoms with van der Waals surface area (Å²) in [6.45, 7) is 1.45. The molecule has 0 saturated carbocycles. The molecule has 0 radical (unpaired) electrons. The SMILES string of the molecule is CNCCC(=O)NCCc1cc(Br)cs1. The van der Waals surface area contributed by atoms with Gasteiger partial charge in [-0.15, -0.1) is 11.3 Å². The lowest BCUT2D eigenvalue weighted by Gasteiger charge is -2.03. The van der Waals surface area contributed by atoms with Gasteiger partial charge in [-0.05, 0) is 35.5 Å². The molecule has 2 N–H and O–H groups in total. The molecule has 1 aromatic rings. The number of hydrogen-bond acceptors (Lipinski definition) is 3. The molecule has 5 heteroatoms. The van der Waals surface area contributed by atoms with E-state index >= 15 is 0 Å². The molecule has 3 nitrogen and oxygen atoms in total. The van der Waals surface area contributed by atoms with Gasteiger partial charge in [-0.1, -0.05) is 0 Å². The molecule has 0 aromatic carbocycles. The van der Waals surface area contributed by atoms with Crippen LogP contribution < -0.4 is 10.6 Å². The minimum atomic E-state index is 0.111. The predicted molar refractivity (Wildman–Crippen MR) is 67.3 cm³/mol. The molecule has 15 heavy (non-hydrogen) atoms. The standard InChI is InChI=1S/C10H15BrN2OS/c1-12-4-3-10(14)13-5-2-9-6-8(11)7-15-9/h6-7,12H,2-5H2,1H3,(H,13,14). The van der Waals surface area contributed by atoms with Crippen LogP contribution in [0.5, 0.6) is 0 Å². The van der Waals surface area contributed by atoms with Crippen LogP contribution in [0, 0.1) is 0 Å². The Morgan fingerprint density at radius 3 is 2.93 bits per heavy atom. The van der Waals surface area contributed by atoms with E-state index in [4.69, 9.17) is 0 Å². The van der Waals surface area contributed by atoms with Crippen molar-refractivity contribution >= 4 is 33.2 Å². The summed E-state index contributed by atoms with van der Waals surface area (Å²) in [4.78, 5) is 12.5. The lowest BCUT2D eigenvalue weighted by atomic mass is 10.3. The molecule has 1 heterocycles. The third-order valence-corrected chi connectivity index (χ3v) is 3.67. The van der Waals surface area contributed by atoms with Crippen molar-refractivity contribution in [2.75, 3.05) is 20.1 Å². The molecule has 0 bridgehead atoms. The van der Waals surface area contributed by atoms with Crippen LogP contribution in [0.3, 0.4) is 0 Å². The smallest absolute Gasteiger partial charge is 0.221 e. The average Bonchev–Trinajstić information content (AvgIpc) is 2.61. The van der Waals surface area contributed by atoms with Crippen molar-refractivity contribution in [1.82, 2.24) is 10.6 Å². The zero-order chi connectivity index (χ0) is 11.1. The Balaban J connectivity index is 2.13. The van der Waals surface area contributed by atoms with Gasteiger partial charge in [0, 0.05) is 34.2 Å². The quantitative estimate of drug-likeness (QED) is 0.839. The first-order valence-electron chi connectivity index (χ1n) is 4.86. The fraction of sp³-hybridized carbons (Fsp3) is 0.500. The van der Waals surface area contributed by atoms with Crippen molar-refractivity contribution in [3.05, 3.63) is 20.8 Å². The van der Waals surface area contributed by atoms with Crippen molar-refractivity contribution < 1.29 is 4.79 Å². The Labute approximate surface area is 102 Å². The van der Waals surface area contributed by atoms with Gasteiger partial charge in [-0.3, -0.25) is 4.79 Å². The second-order valence-electron chi connectivity index (χ2n) is 3.18. The molecule has 0 spiro atoms. The number of rotatable bonds is 6. The van der Waals surface area contributed by atoms with Gasteiger partial charge in [0.15, 0.2) is 0 Å². The van der Waals surface area contributed by atoms with Crippen LogP contribution in [0.15, 0.2) is 15.9 Å². The maximum atomic E-state index is 11.2. The van der Waals surface area contributed by atoms with E-state index in [9.17, 15) is 4.79 Å². The highest BCUT2D eigenvalue weighted by molar-refractivity contribution is 9.10. The summed E-state index contributed by atoms with van der Waals surface area (Å²) < 4.78 is 1.11. The van der Waals surface area contributed by atoms with Crippen LogP contribution >= 0.6 is 27.3 Å². The van der Waals surface area contributed by atoms with Crippen LogP contribution in [-0.4, -0.2) is 26.0 Å². The van der Waals surface area contributed by atoms with E-state index in [0.29, 0.717) is 6.42 Å². The first-order chi connectivity index (χ1) is 7.22. The highest BCUT2D eigenvalue weighted by atomic mass is 79.9. The first-order valence-corrected chi connectivity index (χ1v) is 6.54. The highest BCUT2D eigenvalue weighted by Crippen LogP contribution is 2.19. The predicted octanol–water partition coefficient (Wildman–Crippen LogP) is 1.78. The van der Waals surface area contributed by atoms with Crippen molar-refractivity contribution in [3.8, 4) is 0 Å². The zero-order valence-corrected chi connectivity index (χ0v) is 11.1. The van der Waals surface area contributed by atoms with Crippen LogP contribution in [0.25, 0.3) is 0 Å². The Bertz CT molecular complexity index is 314. The molecule has 0 aliphatic carbocycles. The number of carbonyl (C=O) groups is 1. The Morgan fingerprint density at radius 1 is 1.53 bits per heavy atom. The van der Waals surface area contributed by atoms with Crippen molar-refractivity contribution in [2.45, 2.75) is 12.8 Å². The third kappa shape index (κ3) is 5.30. The summed E-state index contributed by atoms with van der Waals surface area (Å²) in [6, 6.07) is 2.09. The Hall–Kier alpha value is -0.390. The number of hydrogen-bond donors (Lipinski definition) is 2. The largest absolute Gasteiger partial charge is 0.356 e. The average molecular weight is 291 g/mol. The van der Waals surface area contributed by atoms with Gasteiger partial charge in [0.2, 0.25) is 5.91 Å². The summed E-state index contributed by atoms with van der Waals surface area (Å²) in [6.07, 6.45) is 1.45. The van der Waals surface area contributed by atoms with Crippen LogP contribution in [0.1, 0.15) is 11.3 Å². The normalized spacial score (nSPS) is 10.3. The van der Waals surface area contributed by atoms with E-state index < -0.39 is 0 Å². The van der Waals surface area contributed by atoms with Gasteiger partial charge < -0.3 is 10.6 Å². The second-order valence-corrected chi connectivity index (χ2v) is 5.10. The van der Waals surface area contributed by atoms with Gasteiger partial charge in [-0.2, -0.15) is 0 Å². The fourth-order valence-corrected chi connectivity index (χ4v) is 2.59. The number of amides is 1. The molecule has 0 fully saturated rings. The third-order valence-electron chi connectivity index (χ3n) is 1.92. The van der Waals surface area contributed by atoms with Gasteiger partial charge in [0.05, 0.1) is 0 Å². The molecule has 0 unspecified atom stereocenters. The van der Waals surface area contributed by atoms with Crippen molar-refractivity contribution in [2.24, 2.45) is 0 Å². The lowest BCUT2D eigenvalue weighted by molar-refractivity contribution is -0.120. The molecule has 0 aliphatic heterocycles. The summed E-state index contributed by atoms with van der Waals surface area (Å²) >= 11 is 5.11. The lowest BCUT2D eigenvalue weighted by Crippen LogP contribution is -2.28. The first kappa shape index (κ1) is 12.7. The summed E-state index contributed by atoms with van der Waals surface area (Å²) in [5.74, 6) is 0.111. The van der Waals surface area contributed by atoms with E-state index in [1.165, 1.54) is 4.88 Å². The summed E-state index contributed by atoms with van der Waals surface area (Å²) in [5.41, 5.74) is 0. The number of halogens is 1. The number of thiophene rings is 1.